The van der Waals surface area contributed by atoms with Crippen molar-refractivity contribution in [1.82, 2.24) is 0 Å². The van der Waals surface area contributed by atoms with E-state index in [4.69, 9.17) is 29.4 Å². The van der Waals surface area contributed by atoms with Crippen molar-refractivity contribution < 1.29 is 29.4 Å². The van der Waals surface area contributed by atoms with Crippen molar-refractivity contribution in [3.05, 3.63) is 0 Å². The van der Waals surface area contributed by atoms with Gasteiger partial charge in [0.1, 0.15) is 0 Å². The molecule has 11 heteroatoms. The monoisotopic (exact) mass is 440 g/mol. The van der Waals surface area contributed by atoms with Gasteiger partial charge in [0.2, 0.25) is 0 Å². The Balaban J connectivity index is -0.000000107. The Morgan fingerprint density at radius 2 is 0.636 bits per heavy atom. The molecule has 0 saturated carbocycles. The van der Waals surface area contributed by atoms with Crippen LogP contribution in [0.2, 0.25) is 0 Å². The normalized spacial score (nSPS) is 10.7. The van der Waals surface area contributed by atoms with Crippen molar-refractivity contribution in [2.75, 3.05) is 0 Å². The van der Waals surface area contributed by atoms with Crippen LogP contribution in [-0.2, 0) is 23.6 Å². The summed E-state index contributed by atoms with van der Waals surface area (Å²) in [5, 5.41) is 0. The van der Waals surface area contributed by atoms with Gasteiger partial charge in [-0.15, -0.1) is 0 Å². The molecular formula is H9BiO6P2S2. The summed E-state index contributed by atoms with van der Waals surface area (Å²) in [7, 11) is 0. The summed E-state index contributed by atoms with van der Waals surface area (Å²) in [6.45, 7) is -7.61. The Bertz CT molecular complexity index is 131. The van der Waals surface area contributed by atoms with E-state index in [1.54, 1.807) is 0 Å². The van der Waals surface area contributed by atoms with E-state index in [9.17, 15) is 0 Å². The van der Waals surface area contributed by atoms with Crippen molar-refractivity contribution in [2.45, 2.75) is 0 Å². The first-order valence-electron chi connectivity index (χ1n) is 1.57. The summed E-state index contributed by atoms with van der Waals surface area (Å²) in [4.78, 5) is 45.3. The van der Waals surface area contributed by atoms with Gasteiger partial charge in [0, 0.05) is 0 Å². The minimum absolute atomic E-state index is 0. The molecule has 0 radical (unpaired) electrons. The third-order valence-electron chi connectivity index (χ3n) is 0. The third kappa shape index (κ3) is 313. The molecule has 0 amide bonds. The van der Waals surface area contributed by atoms with Crippen LogP contribution in [0.4, 0.5) is 0 Å². The number of hydrogen-bond acceptors (Lipinski definition) is 2. The van der Waals surface area contributed by atoms with Crippen molar-refractivity contribution in [2.24, 2.45) is 0 Å². The molecule has 0 saturated heterocycles. The van der Waals surface area contributed by atoms with Crippen LogP contribution in [-0.4, -0.2) is 55.6 Å². The van der Waals surface area contributed by atoms with Crippen LogP contribution >= 0.6 is 13.4 Å². The Kier molecular flexibility index (Phi) is 12.5. The van der Waals surface area contributed by atoms with Crippen molar-refractivity contribution in [1.29, 1.82) is 0 Å². The molecule has 0 atom stereocenters. The Hall–Kier alpha value is 1.94. The molecule has 72 valence electrons. The molecule has 11 heavy (non-hydrogen) atoms. The fourth-order valence-electron chi connectivity index (χ4n) is 0. The van der Waals surface area contributed by atoms with E-state index in [1.165, 1.54) is 0 Å². The first-order chi connectivity index (χ1) is 4.00. The van der Waals surface area contributed by atoms with E-state index in [2.05, 4.69) is 23.6 Å². The molecule has 0 aromatic carbocycles. The van der Waals surface area contributed by atoms with Gasteiger partial charge in [-0.2, -0.15) is 0 Å². The molecule has 6 N–H and O–H groups in total. The van der Waals surface area contributed by atoms with Crippen LogP contribution in [0.5, 0.6) is 0 Å². The molecule has 0 bridgehead atoms. The van der Waals surface area contributed by atoms with E-state index in [0.717, 1.165) is 0 Å². The van der Waals surface area contributed by atoms with E-state index in [1.807, 2.05) is 0 Å². The Morgan fingerprint density at radius 3 is 0.636 bits per heavy atom. The van der Waals surface area contributed by atoms with E-state index in [-0.39, 0.29) is 26.2 Å². The van der Waals surface area contributed by atoms with Crippen molar-refractivity contribution >= 4 is 63.3 Å². The van der Waals surface area contributed by atoms with Gasteiger partial charge < -0.3 is 29.4 Å². The van der Waals surface area contributed by atoms with Crippen LogP contribution in [0, 0.1) is 0 Å². The molecule has 0 fully saturated rings. The van der Waals surface area contributed by atoms with Gasteiger partial charge in [-0.1, -0.05) is 0 Å². The van der Waals surface area contributed by atoms with Gasteiger partial charge in [-0.25, -0.2) is 0 Å². The average Bonchev–Trinajstić information content (AvgIpc) is 1.12. The SMILES string of the molecule is OP(O)(O)=S.OP(O)(O)=S.[BiH3]. The van der Waals surface area contributed by atoms with Gasteiger partial charge in [-0.05, 0) is 23.6 Å². The van der Waals surface area contributed by atoms with E-state index >= 15 is 0 Å². The number of hydrogen-bond donors (Lipinski definition) is 6. The second-order valence-corrected chi connectivity index (χ2v) is 6.02. The zero-order valence-electron chi connectivity index (χ0n) is 5.10. The van der Waals surface area contributed by atoms with Gasteiger partial charge in [0.15, 0.2) is 0 Å². The predicted octanol–water partition coefficient (Wildman–Crippen LogP) is -2.81. The molecule has 0 aromatic heterocycles. The Morgan fingerprint density at radius 1 is 0.636 bits per heavy atom. The van der Waals surface area contributed by atoms with Gasteiger partial charge in [0.05, 0.1) is 0 Å². The molecule has 0 aliphatic carbocycles. The first-order valence-corrected chi connectivity index (χ1v) is 6.89. The standard InChI is InChI=1S/Bi.2H3O3PS.3H/c;2*1-4(2,3)5;;;/h;2*(H3,1,2,3,5);;;. The molecular weight excluding hydrogens is 431 g/mol. The van der Waals surface area contributed by atoms with Crippen LogP contribution in [0.15, 0.2) is 0 Å². The quantitative estimate of drug-likeness (QED) is 0.177. The summed E-state index contributed by atoms with van der Waals surface area (Å²) in [5.74, 6) is 0. The van der Waals surface area contributed by atoms with Gasteiger partial charge in [-0.3, -0.25) is 0 Å². The van der Waals surface area contributed by atoms with Crippen LogP contribution in [0.3, 0.4) is 0 Å². The second-order valence-electron chi connectivity index (χ2n) is 1.03. The molecule has 0 rings (SSSR count). The molecule has 0 unspecified atom stereocenters. The topological polar surface area (TPSA) is 121 Å². The zero-order chi connectivity index (χ0) is 9.00. The summed E-state index contributed by atoms with van der Waals surface area (Å²) in [6, 6.07) is 0. The van der Waals surface area contributed by atoms with Crippen LogP contribution in [0.25, 0.3) is 0 Å². The summed E-state index contributed by atoms with van der Waals surface area (Å²) < 4.78 is 0. The van der Waals surface area contributed by atoms with Crippen LogP contribution in [0.1, 0.15) is 0 Å². The maximum absolute atomic E-state index is 7.56. The summed E-state index contributed by atoms with van der Waals surface area (Å²) in [6.07, 6.45) is 0. The fourth-order valence-corrected chi connectivity index (χ4v) is 0. The second kappa shape index (κ2) is 7.36. The fraction of sp³-hybridized carbons (Fsp3) is 0. The first kappa shape index (κ1) is 18.7. The van der Waals surface area contributed by atoms with Crippen molar-refractivity contribution in [3.63, 3.8) is 0 Å². The molecule has 0 aromatic rings. The predicted molar refractivity (Wildman–Crippen MR) is 51.8 cm³/mol. The van der Waals surface area contributed by atoms with Crippen molar-refractivity contribution in [3.8, 4) is 0 Å². The molecule has 6 nitrogen and oxygen atoms in total. The van der Waals surface area contributed by atoms with Gasteiger partial charge in [0.25, 0.3) is 0 Å². The zero-order valence-corrected chi connectivity index (χ0v) is 14.0. The molecule has 0 aliphatic rings. The number of rotatable bonds is 0. The summed E-state index contributed by atoms with van der Waals surface area (Å²) >= 11 is 7.21. The van der Waals surface area contributed by atoms with E-state index in [0.29, 0.717) is 0 Å². The Labute approximate surface area is 92.2 Å². The third-order valence-corrected chi connectivity index (χ3v) is 0. The van der Waals surface area contributed by atoms with Gasteiger partial charge >= 0.3 is 39.6 Å². The molecule has 0 aliphatic heterocycles. The van der Waals surface area contributed by atoms with Crippen LogP contribution < -0.4 is 0 Å². The molecule has 0 heterocycles. The molecule has 0 spiro atoms. The average molecular weight is 440 g/mol. The van der Waals surface area contributed by atoms with E-state index < -0.39 is 13.4 Å². The minimum atomic E-state index is -3.81. The maximum atomic E-state index is 7.56. The summed E-state index contributed by atoms with van der Waals surface area (Å²) in [5.41, 5.74) is 0.